The number of hydrogen-bond acceptors (Lipinski definition) is 5. The summed E-state index contributed by atoms with van der Waals surface area (Å²) in [6, 6.07) is 10.9. The molecule has 1 aromatic heterocycles. The summed E-state index contributed by atoms with van der Waals surface area (Å²) in [4.78, 5) is 16.0. The molecule has 0 radical (unpaired) electrons. The van der Waals surface area contributed by atoms with Crippen molar-refractivity contribution in [2.24, 2.45) is 4.99 Å². The van der Waals surface area contributed by atoms with Gasteiger partial charge in [0.05, 0.1) is 12.9 Å². The van der Waals surface area contributed by atoms with E-state index in [1.807, 2.05) is 31.2 Å². The first-order valence-corrected chi connectivity index (χ1v) is 7.05. The van der Waals surface area contributed by atoms with Crippen molar-refractivity contribution in [3.63, 3.8) is 0 Å². The normalized spacial score (nSPS) is 15.8. The molecular weight excluding hydrogens is 282 g/mol. The van der Waals surface area contributed by atoms with Gasteiger partial charge in [0.15, 0.2) is 11.5 Å². The predicted molar refractivity (Wildman–Crippen MR) is 81.5 cm³/mol. The van der Waals surface area contributed by atoms with Crippen molar-refractivity contribution < 1.29 is 18.7 Å². The fraction of sp³-hybridized carbons (Fsp3) is 0.176. The first kappa shape index (κ1) is 14.1. The second-order valence-electron chi connectivity index (χ2n) is 4.73. The smallest absolute Gasteiger partial charge is 0.363 e. The Bertz CT molecular complexity index is 729. The summed E-state index contributed by atoms with van der Waals surface area (Å²) in [7, 11) is 0. The quantitative estimate of drug-likeness (QED) is 0.626. The highest BCUT2D eigenvalue weighted by atomic mass is 16.6. The van der Waals surface area contributed by atoms with Crippen LogP contribution in [0.2, 0.25) is 0 Å². The Morgan fingerprint density at radius 3 is 2.95 bits per heavy atom. The maximum atomic E-state index is 11.9. The van der Waals surface area contributed by atoms with Crippen LogP contribution in [0.15, 0.2) is 57.8 Å². The molecular formula is C17H15NO4. The third-order valence-electron chi connectivity index (χ3n) is 2.99. The number of aliphatic imine (C=N–C) groups is 1. The molecule has 0 N–H and O–H groups in total. The van der Waals surface area contributed by atoms with Crippen LogP contribution in [0.5, 0.6) is 5.75 Å². The molecule has 0 bridgehead atoms. The molecule has 2 heterocycles. The van der Waals surface area contributed by atoms with Gasteiger partial charge in [-0.05, 0) is 42.3 Å². The van der Waals surface area contributed by atoms with Gasteiger partial charge in [-0.1, -0.05) is 19.1 Å². The van der Waals surface area contributed by atoms with E-state index in [-0.39, 0.29) is 11.6 Å². The van der Waals surface area contributed by atoms with Gasteiger partial charge in [-0.25, -0.2) is 9.79 Å². The van der Waals surface area contributed by atoms with Gasteiger partial charge in [-0.3, -0.25) is 0 Å². The highest BCUT2D eigenvalue weighted by Crippen LogP contribution is 2.21. The molecule has 0 fully saturated rings. The van der Waals surface area contributed by atoms with E-state index in [0.29, 0.717) is 12.4 Å². The van der Waals surface area contributed by atoms with Crippen LogP contribution < -0.4 is 4.74 Å². The van der Waals surface area contributed by atoms with Crippen LogP contribution >= 0.6 is 0 Å². The van der Waals surface area contributed by atoms with E-state index in [2.05, 4.69) is 4.99 Å². The molecule has 1 aliphatic rings. The van der Waals surface area contributed by atoms with E-state index in [1.54, 1.807) is 18.2 Å². The van der Waals surface area contributed by atoms with Crippen molar-refractivity contribution in [1.82, 2.24) is 0 Å². The second-order valence-corrected chi connectivity index (χ2v) is 4.73. The molecule has 112 valence electrons. The minimum atomic E-state index is -0.494. The number of rotatable bonds is 5. The molecule has 3 rings (SSSR count). The van der Waals surface area contributed by atoms with Crippen molar-refractivity contribution in [3.05, 3.63) is 59.7 Å². The number of hydrogen-bond donors (Lipinski definition) is 0. The lowest BCUT2D eigenvalue weighted by Crippen LogP contribution is -2.04. The molecule has 0 saturated heterocycles. The van der Waals surface area contributed by atoms with Crippen LogP contribution in [-0.4, -0.2) is 18.5 Å². The number of carbonyl (C=O) groups is 1. The van der Waals surface area contributed by atoms with Crippen LogP contribution in [-0.2, 0) is 9.53 Å². The Hall–Kier alpha value is -2.82. The van der Waals surface area contributed by atoms with Crippen molar-refractivity contribution in [3.8, 4) is 5.75 Å². The van der Waals surface area contributed by atoms with Gasteiger partial charge in [0.1, 0.15) is 5.75 Å². The first-order valence-electron chi connectivity index (χ1n) is 7.05. The first-order chi connectivity index (χ1) is 10.8. The molecule has 2 aromatic rings. The molecule has 0 saturated carbocycles. The summed E-state index contributed by atoms with van der Waals surface area (Å²) in [6.07, 6.45) is 4.10. The molecule has 0 aliphatic carbocycles. The van der Waals surface area contributed by atoms with Gasteiger partial charge < -0.3 is 13.9 Å². The third kappa shape index (κ3) is 3.09. The number of carbonyl (C=O) groups excluding carboxylic acids is 1. The van der Waals surface area contributed by atoms with Crippen LogP contribution in [0.3, 0.4) is 0 Å². The maximum absolute atomic E-state index is 11.9. The van der Waals surface area contributed by atoms with E-state index >= 15 is 0 Å². The van der Waals surface area contributed by atoms with Crippen molar-refractivity contribution in [2.75, 3.05) is 6.61 Å². The van der Waals surface area contributed by atoms with Gasteiger partial charge in [0.25, 0.3) is 5.90 Å². The number of cyclic esters (lactones) is 1. The third-order valence-corrected chi connectivity index (χ3v) is 2.99. The van der Waals surface area contributed by atoms with Crippen LogP contribution in [0, 0.1) is 0 Å². The molecule has 1 aromatic carbocycles. The lowest BCUT2D eigenvalue weighted by molar-refractivity contribution is -0.130. The summed E-state index contributed by atoms with van der Waals surface area (Å²) in [5.74, 6) is 0.875. The van der Waals surface area contributed by atoms with E-state index in [1.165, 1.54) is 6.26 Å². The lowest BCUT2D eigenvalue weighted by Gasteiger charge is -2.04. The summed E-state index contributed by atoms with van der Waals surface area (Å²) in [6.45, 7) is 2.70. The van der Waals surface area contributed by atoms with Gasteiger partial charge in [0, 0.05) is 0 Å². The SMILES string of the molecule is CCCOc1cccc(C=C2N=C(c3ccco3)OC2=O)c1. The van der Waals surface area contributed by atoms with E-state index in [9.17, 15) is 4.79 Å². The summed E-state index contributed by atoms with van der Waals surface area (Å²) in [5, 5.41) is 0. The summed E-state index contributed by atoms with van der Waals surface area (Å²) in [5.41, 5.74) is 1.06. The fourth-order valence-electron chi connectivity index (χ4n) is 1.99. The number of furan rings is 1. The van der Waals surface area contributed by atoms with Gasteiger partial charge in [-0.15, -0.1) is 0 Å². The molecule has 1 aliphatic heterocycles. The molecule has 0 unspecified atom stereocenters. The average molecular weight is 297 g/mol. The zero-order valence-corrected chi connectivity index (χ0v) is 12.1. The Labute approximate surface area is 127 Å². The zero-order valence-electron chi connectivity index (χ0n) is 12.1. The van der Waals surface area contributed by atoms with Crippen LogP contribution in [0.25, 0.3) is 6.08 Å². The monoisotopic (exact) mass is 297 g/mol. The Morgan fingerprint density at radius 2 is 2.18 bits per heavy atom. The largest absolute Gasteiger partial charge is 0.494 e. The van der Waals surface area contributed by atoms with Crippen molar-refractivity contribution >= 4 is 17.9 Å². The summed E-state index contributed by atoms with van der Waals surface area (Å²) < 4.78 is 15.8. The predicted octanol–water partition coefficient (Wildman–Crippen LogP) is 3.41. The van der Waals surface area contributed by atoms with Crippen LogP contribution in [0.1, 0.15) is 24.7 Å². The highest BCUT2D eigenvalue weighted by molar-refractivity contribution is 6.11. The zero-order chi connectivity index (χ0) is 15.4. The lowest BCUT2D eigenvalue weighted by atomic mass is 10.2. The number of esters is 1. The number of benzene rings is 1. The highest BCUT2D eigenvalue weighted by Gasteiger charge is 2.25. The van der Waals surface area contributed by atoms with Crippen molar-refractivity contribution in [2.45, 2.75) is 13.3 Å². The van der Waals surface area contributed by atoms with Crippen molar-refractivity contribution in [1.29, 1.82) is 0 Å². The Balaban J connectivity index is 1.84. The minimum absolute atomic E-state index is 0.180. The molecule has 5 nitrogen and oxygen atoms in total. The molecule has 5 heteroatoms. The second kappa shape index (κ2) is 6.30. The maximum Gasteiger partial charge on any atom is 0.363 e. The Kier molecular flexibility index (Phi) is 4.05. The average Bonchev–Trinajstić information content (AvgIpc) is 3.16. The van der Waals surface area contributed by atoms with E-state index < -0.39 is 5.97 Å². The topological polar surface area (TPSA) is 61.0 Å². The van der Waals surface area contributed by atoms with Gasteiger partial charge in [0.2, 0.25) is 0 Å². The molecule has 0 amide bonds. The summed E-state index contributed by atoms with van der Waals surface area (Å²) >= 11 is 0. The molecule has 0 spiro atoms. The minimum Gasteiger partial charge on any atom is -0.494 e. The fourth-order valence-corrected chi connectivity index (χ4v) is 1.99. The molecule has 0 atom stereocenters. The number of nitrogens with zero attached hydrogens (tertiary/aromatic N) is 1. The van der Waals surface area contributed by atoms with Crippen LogP contribution in [0.4, 0.5) is 0 Å². The van der Waals surface area contributed by atoms with E-state index in [0.717, 1.165) is 17.7 Å². The van der Waals surface area contributed by atoms with E-state index in [4.69, 9.17) is 13.9 Å². The molecule has 22 heavy (non-hydrogen) atoms. The standard InChI is InChI=1S/C17H15NO4/c1-2-8-20-13-6-3-5-12(10-13)11-14-17(19)22-16(18-14)15-7-4-9-21-15/h3-7,9-11H,2,8H2,1H3. The Morgan fingerprint density at radius 1 is 1.27 bits per heavy atom. The van der Waals surface area contributed by atoms with Gasteiger partial charge in [-0.2, -0.15) is 0 Å². The van der Waals surface area contributed by atoms with Gasteiger partial charge >= 0.3 is 5.97 Å². The number of ether oxygens (including phenoxy) is 2.